The maximum absolute atomic E-state index is 13.1. The summed E-state index contributed by atoms with van der Waals surface area (Å²) >= 11 is 0. The number of pyridine rings is 1. The summed E-state index contributed by atoms with van der Waals surface area (Å²) in [7, 11) is -1.88. The average Bonchev–Trinajstić information content (AvgIpc) is 3.51. The van der Waals surface area contributed by atoms with Gasteiger partial charge in [-0.3, -0.25) is 14.3 Å². The van der Waals surface area contributed by atoms with Gasteiger partial charge in [0.2, 0.25) is 10.0 Å². The van der Waals surface area contributed by atoms with Crippen molar-refractivity contribution in [2.24, 2.45) is 0 Å². The molecule has 2 aromatic heterocycles. The van der Waals surface area contributed by atoms with Gasteiger partial charge in [-0.05, 0) is 35.4 Å². The lowest BCUT2D eigenvalue weighted by Gasteiger charge is -2.33. The number of sulfonamides is 1. The van der Waals surface area contributed by atoms with Crippen LogP contribution in [-0.4, -0.2) is 84.4 Å². The Bertz CT molecular complexity index is 1460. The first-order valence-electron chi connectivity index (χ1n) is 12.4. The van der Waals surface area contributed by atoms with Crippen LogP contribution in [0, 0.1) is 0 Å². The molecule has 0 atom stereocenters. The lowest BCUT2D eigenvalue weighted by atomic mass is 10.0. The highest BCUT2D eigenvalue weighted by Gasteiger charge is 2.28. The van der Waals surface area contributed by atoms with Crippen LogP contribution in [0.1, 0.15) is 15.9 Å². The van der Waals surface area contributed by atoms with E-state index in [1.165, 1.54) is 0 Å². The van der Waals surface area contributed by atoms with Gasteiger partial charge in [-0.15, -0.1) is 0 Å². The number of hydrogen-bond acceptors (Lipinski definition) is 7. The fraction of sp³-hybridized carbons (Fsp3) is 0.250. The van der Waals surface area contributed by atoms with Gasteiger partial charge in [-0.2, -0.15) is 4.31 Å². The van der Waals surface area contributed by atoms with Crippen LogP contribution in [0.25, 0.3) is 16.9 Å². The molecular weight excluding hydrogens is 502 g/mol. The predicted molar refractivity (Wildman–Crippen MR) is 144 cm³/mol. The molecule has 1 fully saturated rings. The first kappa shape index (κ1) is 25.9. The van der Waals surface area contributed by atoms with Gasteiger partial charge in [0, 0.05) is 69.6 Å². The van der Waals surface area contributed by atoms with Crippen LogP contribution in [0.4, 0.5) is 0 Å². The highest BCUT2D eigenvalue weighted by Crippen LogP contribution is 2.25. The molecule has 1 aliphatic heterocycles. The number of benzene rings is 2. The topological polar surface area (TPSA) is 97.6 Å². The molecule has 0 spiro atoms. The molecule has 9 nitrogen and oxygen atoms in total. The molecule has 0 unspecified atom stereocenters. The molecule has 0 saturated carbocycles. The van der Waals surface area contributed by atoms with E-state index in [9.17, 15) is 13.2 Å². The highest BCUT2D eigenvalue weighted by molar-refractivity contribution is 7.89. The third-order valence-electron chi connectivity index (χ3n) is 6.69. The number of aromatic nitrogens is 3. The molecule has 0 aliphatic carbocycles. The van der Waals surface area contributed by atoms with Crippen molar-refractivity contribution in [3.8, 4) is 16.9 Å². The van der Waals surface area contributed by atoms with Crippen LogP contribution >= 0.6 is 0 Å². The summed E-state index contributed by atoms with van der Waals surface area (Å²) in [4.78, 5) is 23.8. The second-order valence-electron chi connectivity index (χ2n) is 9.04. The molecular formula is C28H29N5O4S. The van der Waals surface area contributed by atoms with Gasteiger partial charge < -0.3 is 4.74 Å². The summed E-state index contributed by atoms with van der Waals surface area (Å²) in [6, 6.07) is 17.7. The minimum atomic E-state index is -3.55. The molecule has 0 N–H and O–H groups in total. The van der Waals surface area contributed by atoms with Crippen LogP contribution < -0.4 is 0 Å². The average molecular weight is 532 g/mol. The van der Waals surface area contributed by atoms with Gasteiger partial charge in [0.1, 0.15) is 12.1 Å². The van der Waals surface area contributed by atoms with Crippen molar-refractivity contribution in [3.05, 3.63) is 96.7 Å². The lowest BCUT2D eigenvalue weighted by Crippen LogP contribution is -2.49. The maximum Gasteiger partial charge on any atom is 0.243 e. The van der Waals surface area contributed by atoms with E-state index in [1.54, 1.807) is 89.4 Å². The Labute approximate surface area is 222 Å². The minimum absolute atomic E-state index is 0.120. The standard InChI is InChI=1S/C28H29N5O4S/c1-37-19-18-31-14-16-33(17-15-31)38(35,36)26-9-6-23(7-10-26)22-2-4-24(5-3-22)28(34)25-8-11-27(30-20-25)32-13-12-29-21-32/h2-13,20-21H,14-19H2,1H3. The van der Waals surface area contributed by atoms with Crippen molar-refractivity contribution in [1.82, 2.24) is 23.7 Å². The summed E-state index contributed by atoms with van der Waals surface area (Å²) in [5.74, 6) is 0.564. The molecule has 1 saturated heterocycles. The minimum Gasteiger partial charge on any atom is -0.383 e. The molecule has 38 heavy (non-hydrogen) atoms. The van der Waals surface area contributed by atoms with Crippen LogP contribution in [0.3, 0.4) is 0 Å². The summed E-state index contributed by atoms with van der Waals surface area (Å²) in [6.45, 7) is 3.75. The van der Waals surface area contributed by atoms with E-state index in [1.807, 2.05) is 12.1 Å². The van der Waals surface area contributed by atoms with E-state index in [-0.39, 0.29) is 10.7 Å². The zero-order valence-corrected chi connectivity index (χ0v) is 21.9. The zero-order chi connectivity index (χ0) is 26.5. The van der Waals surface area contributed by atoms with Crippen LogP contribution in [-0.2, 0) is 14.8 Å². The number of carbonyl (C=O) groups excluding carboxylic acids is 1. The Kier molecular flexibility index (Phi) is 7.75. The van der Waals surface area contributed by atoms with Crippen molar-refractivity contribution in [2.75, 3.05) is 46.4 Å². The van der Waals surface area contributed by atoms with Crippen molar-refractivity contribution < 1.29 is 17.9 Å². The Morgan fingerprint density at radius 1 is 0.895 bits per heavy atom. The highest BCUT2D eigenvalue weighted by atomic mass is 32.2. The number of imidazole rings is 1. The van der Waals surface area contributed by atoms with Gasteiger partial charge in [-0.1, -0.05) is 36.4 Å². The van der Waals surface area contributed by atoms with Crippen molar-refractivity contribution >= 4 is 15.8 Å². The Hall–Kier alpha value is -3.70. The Morgan fingerprint density at radius 2 is 1.55 bits per heavy atom. The number of hydrogen-bond donors (Lipinski definition) is 0. The molecule has 10 heteroatoms. The summed E-state index contributed by atoms with van der Waals surface area (Å²) in [6.07, 6.45) is 6.67. The molecule has 2 aromatic carbocycles. The molecule has 5 rings (SSSR count). The van der Waals surface area contributed by atoms with Crippen molar-refractivity contribution in [3.63, 3.8) is 0 Å². The van der Waals surface area contributed by atoms with E-state index in [2.05, 4.69) is 14.9 Å². The van der Waals surface area contributed by atoms with E-state index in [0.717, 1.165) is 17.7 Å². The number of piperazine rings is 1. The SMILES string of the molecule is COCCN1CCN(S(=O)(=O)c2ccc(-c3ccc(C(=O)c4ccc(-n5ccnc5)nc4)cc3)cc2)CC1. The smallest absolute Gasteiger partial charge is 0.243 e. The van der Waals surface area contributed by atoms with E-state index >= 15 is 0 Å². The van der Waals surface area contributed by atoms with Gasteiger partial charge in [-0.25, -0.2) is 18.4 Å². The fourth-order valence-corrected chi connectivity index (χ4v) is 5.85. The second kappa shape index (κ2) is 11.4. The van der Waals surface area contributed by atoms with E-state index in [0.29, 0.717) is 49.7 Å². The van der Waals surface area contributed by atoms with Crippen molar-refractivity contribution in [2.45, 2.75) is 4.90 Å². The van der Waals surface area contributed by atoms with Crippen molar-refractivity contribution in [1.29, 1.82) is 0 Å². The van der Waals surface area contributed by atoms with Crippen LogP contribution in [0.15, 0.2) is 90.5 Å². The molecule has 3 heterocycles. The first-order chi connectivity index (χ1) is 18.5. The van der Waals surface area contributed by atoms with E-state index < -0.39 is 10.0 Å². The first-order valence-corrected chi connectivity index (χ1v) is 13.8. The van der Waals surface area contributed by atoms with Crippen LogP contribution in [0.5, 0.6) is 0 Å². The number of ether oxygens (including phenoxy) is 1. The lowest BCUT2D eigenvalue weighted by molar-refractivity contribution is 0.103. The zero-order valence-electron chi connectivity index (χ0n) is 21.1. The van der Waals surface area contributed by atoms with Gasteiger partial charge in [0.05, 0.1) is 11.5 Å². The molecule has 0 radical (unpaired) electrons. The number of rotatable bonds is 9. The maximum atomic E-state index is 13.1. The summed E-state index contributed by atoms with van der Waals surface area (Å²) in [5, 5.41) is 0. The molecule has 1 aliphatic rings. The van der Waals surface area contributed by atoms with Gasteiger partial charge >= 0.3 is 0 Å². The Morgan fingerprint density at radius 3 is 2.13 bits per heavy atom. The number of ketones is 1. The quantitative estimate of drug-likeness (QED) is 0.306. The van der Waals surface area contributed by atoms with Gasteiger partial charge in [0.25, 0.3) is 0 Å². The summed E-state index contributed by atoms with van der Waals surface area (Å²) < 4.78 is 34.7. The monoisotopic (exact) mass is 531 g/mol. The summed E-state index contributed by atoms with van der Waals surface area (Å²) in [5.41, 5.74) is 2.81. The van der Waals surface area contributed by atoms with Gasteiger partial charge in [0.15, 0.2) is 5.78 Å². The third-order valence-corrected chi connectivity index (χ3v) is 8.61. The molecule has 0 bridgehead atoms. The number of methoxy groups -OCH3 is 1. The predicted octanol–water partition coefficient (Wildman–Crippen LogP) is 3.12. The third kappa shape index (κ3) is 5.58. The number of nitrogens with zero attached hydrogens (tertiary/aromatic N) is 5. The molecule has 4 aromatic rings. The molecule has 196 valence electrons. The normalized spacial score (nSPS) is 15.0. The fourth-order valence-electron chi connectivity index (χ4n) is 4.43. The second-order valence-corrected chi connectivity index (χ2v) is 11.0. The number of carbonyl (C=O) groups is 1. The molecule has 0 amide bonds. The van der Waals surface area contributed by atoms with Crippen LogP contribution in [0.2, 0.25) is 0 Å². The largest absolute Gasteiger partial charge is 0.383 e. The Balaban J connectivity index is 1.24. The van der Waals surface area contributed by atoms with E-state index in [4.69, 9.17) is 4.74 Å².